The molecule has 0 bridgehead atoms. The molecule has 0 aromatic carbocycles. The van der Waals surface area contributed by atoms with E-state index in [-0.39, 0.29) is 0 Å². The van der Waals surface area contributed by atoms with Crippen molar-refractivity contribution in [3.63, 3.8) is 0 Å². The number of nitrogens with one attached hydrogen (secondary N) is 2. The van der Waals surface area contributed by atoms with Gasteiger partial charge >= 0.3 is 0 Å². The van der Waals surface area contributed by atoms with E-state index in [1.165, 1.54) is 0 Å². The Bertz CT molecular complexity index is 173. The Morgan fingerprint density at radius 2 is 2.50 bits per heavy atom. The molecule has 3 nitrogen and oxygen atoms in total. The Hall–Kier alpha value is -1.43. The maximum atomic E-state index is 8.24. The average molecular weight is 107 g/mol. The molecule has 0 unspecified atom stereocenters. The predicted octanol–water partition coefficient (Wildman–Crippen LogP) is 0.0154. The van der Waals surface area contributed by atoms with Crippen LogP contribution >= 0.6 is 0 Å². The van der Waals surface area contributed by atoms with Gasteiger partial charge in [0.25, 0.3) is 0 Å². The van der Waals surface area contributed by atoms with Crippen molar-refractivity contribution in [2.45, 2.75) is 0 Å². The molecular weight excluding hydrogens is 102 g/mol. The first kappa shape index (κ1) is 4.72. The molecule has 0 fully saturated rings. The van der Waals surface area contributed by atoms with Crippen molar-refractivity contribution in [3.05, 3.63) is 24.0 Å². The molecule has 0 amide bonds. The van der Waals surface area contributed by atoms with Crippen molar-refractivity contribution in [1.82, 2.24) is 10.9 Å². The molecular formula is C5H5N3. The maximum absolute atomic E-state index is 8.24. The Kier molecular flexibility index (Phi) is 1.20. The van der Waals surface area contributed by atoms with Crippen LogP contribution in [0.15, 0.2) is 24.0 Å². The molecule has 0 radical (unpaired) electrons. The van der Waals surface area contributed by atoms with Crippen molar-refractivity contribution in [2.75, 3.05) is 0 Å². The average Bonchev–Trinajstić information content (AvgIpc) is 1.90. The second kappa shape index (κ2) is 2.03. The molecule has 1 aliphatic heterocycles. The lowest BCUT2D eigenvalue weighted by atomic mass is 10.4. The van der Waals surface area contributed by atoms with Crippen LogP contribution in [0, 0.1) is 11.3 Å². The van der Waals surface area contributed by atoms with E-state index in [1.807, 2.05) is 6.07 Å². The number of rotatable bonds is 0. The highest BCUT2D eigenvalue weighted by atomic mass is 15.3. The summed E-state index contributed by atoms with van der Waals surface area (Å²) in [5.74, 6) is 0. The fraction of sp³-hybridized carbons (Fsp3) is 0. The number of hydrogen-bond acceptors (Lipinski definition) is 3. The summed E-state index contributed by atoms with van der Waals surface area (Å²) >= 11 is 0. The van der Waals surface area contributed by atoms with Crippen LogP contribution in [0.5, 0.6) is 0 Å². The third-order valence-corrected chi connectivity index (χ3v) is 0.770. The minimum Gasteiger partial charge on any atom is -0.308 e. The van der Waals surface area contributed by atoms with E-state index in [9.17, 15) is 0 Å². The molecule has 1 heterocycles. The monoisotopic (exact) mass is 107 g/mol. The Labute approximate surface area is 47.3 Å². The fourth-order valence-electron chi connectivity index (χ4n) is 0.419. The maximum Gasteiger partial charge on any atom is 0.132 e. The smallest absolute Gasteiger partial charge is 0.132 e. The quantitative estimate of drug-likeness (QED) is 0.458. The van der Waals surface area contributed by atoms with Crippen LogP contribution in [0.25, 0.3) is 0 Å². The van der Waals surface area contributed by atoms with E-state index in [1.54, 1.807) is 18.4 Å². The van der Waals surface area contributed by atoms with E-state index in [0.717, 1.165) is 0 Å². The zero-order valence-electron chi connectivity index (χ0n) is 4.18. The Morgan fingerprint density at radius 1 is 1.62 bits per heavy atom. The third kappa shape index (κ3) is 0.793. The van der Waals surface area contributed by atoms with Gasteiger partial charge in [-0.15, -0.1) is 0 Å². The van der Waals surface area contributed by atoms with Gasteiger partial charge in [-0.2, -0.15) is 5.26 Å². The lowest BCUT2D eigenvalue weighted by molar-refractivity contribution is 0.739. The van der Waals surface area contributed by atoms with Gasteiger partial charge in [-0.3, -0.25) is 5.43 Å². The zero-order valence-corrected chi connectivity index (χ0v) is 4.18. The second-order valence-electron chi connectivity index (χ2n) is 1.32. The summed E-state index contributed by atoms with van der Waals surface area (Å²) in [6.45, 7) is 0. The molecule has 0 spiro atoms. The molecule has 0 aromatic rings. The van der Waals surface area contributed by atoms with E-state index >= 15 is 0 Å². The van der Waals surface area contributed by atoms with E-state index < -0.39 is 0 Å². The van der Waals surface area contributed by atoms with E-state index in [0.29, 0.717) is 5.70 Å². The summed E-state index contributed by atoms with van der Waals surface area (Å²) in [6, 6.07) is 1.94. The van der Waals surface area contributed by atoms with Crippen LogP contribution in [-0.2, 0) is 0 Å². The number of nitrogens with zero attached hydrogens (tertiary/aromatic N) is 1. The minimum atomic E-state index is 0.535. The fourth-order valence-corrected chi connectivity index (χ4v) is 0.419. The predicted molar refractivity (Wildman–Crippen MR) is 29.1 cm³/mol. The van der Waals surface area contributed by atoms with Crippen LogP contribution in [0.1, 0.15) is 0 Å². The third-order valence-electron chi connectivity index (χ3n) is 0.770. The minimum absolute atomic E-state index is 0.535. The van der Waals surface area contributed by atoms with Gasteiger partial charge in [0.1, 0.15) is 11.8 Å². The first-order valence-corrected chi connectivity index (χ1v) is 2.22. The van der Waals surface area contributed by atoms with Gasteiger partial charge in [-0.05, 0) is 12.2 Å². The lowest BCUT2D eigenvalue weighted by Crippen LogP contribution is -2.26. The molecule has 40 valence electrons. The topological polar surface area (TPSA) is 47.9 Å². The van der Waals surface area contributed by atoms with Gasteiger partial charge in [-0.25, -0.2) is 0 Å². The second-order valence-corrected chi connectivity index (χ2v) is 1.32. The molecule has 1 aliphatic rings. The summed E-state index contributed by atoms with van der Waals surface area (Å²) in [7, 11) is 0. The number of nitriles is 1. The molecule has 0 saturated heterocycles. The first-order valence-electron chi connectivity index (χ1n) is 2.22. The highest BCUT2D eigenvalue weighted by molar-refractivity contribution is 5.25. The highest BCUT2D eigenvalue weighted by Crippen LogP contribution is 1.88. The zero-order chi connectivity index (χ0) is 5.82. The van der Waals surface area contributed by atoms with Gasteiger partial charge in [-0.1, -0.05) is 0 Å². The first-order chi connectivity index (χ1) is 3.93. The molecule has 0 aromatic heterocycles. The molecule has 0 atom stereocenters. The normalized spacial score (nSPS) is 15.1. The van der Waals surface area contributed by atoms with Crippen molar-refractivity contribution < 1.29 is 0 Å². The lowest BCUT2D eigenvalue weighted by Gasteiger charge is -2.04. The van der Waals surface area contributed by atoms with Gasteiger partial charge in [0, 0.05) is 6.20 Å². The Balaban J connectivity index is 2.67. The SMILES string of the molecule is N#CC1=CC=CNN1. The standard InChI is InChI=1S/C5H5N3/c6-4-5-2-1-3-7-8-5/h1-3,7-8H. The van der Waals surface area contributed by atoms with Gasteiger partial charge < -0.3 is 5.43 Å². The molecule has 1 rings (SSSR count). The summed E-state index contributed by atoms with van der Waals surface area (Å²) in [6.07, 6.45) is 5.16. The van der Waals surface area contributed by atoms with Crippen LogP contribution < -0.4 is 10.9 Å². The van der Waals surface area contributed by atoms with Gasteiger partial charge in [0.05, 0.1) is 0 Å². The van der Waals surface area contributed by atoms with Crippen molar-refractivity contribution in [3.8, 4) is 6.07 Å². The van der Waals surface area contributed by atoms with E-state index in [2.05, 4.69) is 10.9 Å². The summed E-state index contributed by atoms with van der Waals surface area (Å²) in [5, 5.41) is 8.24. The van der Waals surface area contributed by atoms with Crippen molar-refractivity contribution >= 4 is 0 Å². The van der Waals surface area contributed by atoms with Crippen LogP contribution in [0.3, 0.4) is 0 Å². The number of hydrogen-bond donors (Lipinski definition) is 2. The number of hydrazine groups is 1. The van der Waals surface area contributed by atoms with Crippen LogP contribution in [-0.4, -0.2) is 0 Å². The van der Waals surface area contributed by atoms with Crippen molar-refractivity contribution in [2.24, 2.45) is 0 Å². The molecule has 3 heteroatoms. The highest BCUT2D eigenvalue weighted by Gasteiger charge is 1.90. The molecule has 0 saturated carbocycles. The Morgan fingerprint density at radius 3 is 2.88 bits per heavy atom. The van der Waals surface area contributed by atoms with Crippen LogP contribution in [0.2, 0.25) is 0 Å². The summed E-state index contributed by atoms with van der Waals surface area (Å²) in [4.78, 5) is 0. The summed E-state index contributed by atoms with van der Waals surface area (Å²) in [5.41, 5.74) is 5.83. The van der Waals surface area contributed by atoms with Gasteiger partial charge in [0.2, 0.25) is 0 Å². The molecule has 2 N–H and O–H groups in total. The molecule has 8 heavy (non-hydrogen) atoms. The summed E-state index contributed by atoms with van der Waals surface area (Å²) < 4.78 is 0. The number of allylic oxidation sites excluding steroid dienone is 3. The largest absolute Gasteiger partial charge is 0.308 e. The van der Waals surface area contributed by atoms with Gasteiger partial charge in [0.15, 0.2) is 0 Å². The van der Waals surface area contributed by atoms with E-state index in [4.69, 9.17) is 5.26 Å². The van der Waals surface area contributed by atoms with Crippen LogP contribution in [0.4, 0.5) is 0 Å². The van der Waals surface area contributed by atoms with Crippen molar-refractivity contribution in [1.29, 1.82) is 5.26 Å². The molecule has 0 aliphatic carbocycles.